The summed E-state index contributed by atoms with van der Waals surface area (Å²) in [5.74, 6) is 0.926. The molecule has 0 radical (unpaired) electrons. The zero-order valence-corrected chi connectivity index (χ0v) is 19.9. The second kappa shape index (κ2) is 13.3. The van der Waals surface area contributed by atoms with Crippen LogP contribution in [0.5, 0.6) is 5.75 Å². The van der Waals surface area contributed by atoms with E-state index in [1.807, 2.05) is 12.1 Å². The molecule has 0 aliphatic carbocycles. The topological polar surface area (TPSA) is 35.0 Å². The maximum absolute atomic E-state index is 5.84. The van der Waals surface area contributed by atoms with E-state index in [1.54, 1.807) is 11.3 Å². The van der Waals surface area contributed by atoms with Crippen LogP contribution in [0.15, 0.2) is 48.5 Å². The average molecular weight is 437 g/mol. The molecule has 0 fully saturated rings. The Morgan fingerprint density at radius 2 is 1.19 bits per heavy atom. The largest absolute Gasteiger partial charge is 0.494 e. The van der Waals surface area contributed by atoms with Gasteiger partial charge in [0.25, 0.3) is 0 Å². The van der Waals surface area contributed by atoms with Crippen molar-refractivity contribution in [1.82, 2.24) is 10.2 Å². The summed E-state index contributed by atoms with van der Waals surface area (Å²) in [6.45, 7) is 5.28. The smallest absolute Gasteiger partial charge is 0.148 e. The predicted octanol–water partition coefficient (Wildman–Crippen LogP) is 8.34. The molecule has 0 saturated heterocycles. The predicted molar refractivity (Wildman–Crippen MR) is 133 cm³/mol. The van der Waals surface area contributed by atoms with E-state index in [0.29, 0.717) is 0 Å². The third kappa shape index (κ3) is 7.77. The standard InChI is InChI=1S/C27H36N2OS/c1-3-5-7-9-10-12-22-13-15-23(16-14-22)26-28-29-27(31-26)24-17-19-25(20-18-24)30-21-11-8-6-4-2/h13-20H,3-12,21H2,1-2H3. The van der Waals surface area contributed by atoms with Crippen LogP contribution in [-0.2, 0) is 6.42 Å². The molecule has 0 atom stereocenters. The Labute approximate surface area is 191 Å². The monoisotopic (exact) mass is 436 g/mol. The Bertz CT molecular complexity index is 799. The van der Waals surface area contributed by atoms with Crippen molar-refractivity contribution < 1.29 is 4.74 Å². The van der Waals surface area contributed by atoms with Gasteiger partial charge in [0.05, 0.1) is 6.61 Å². The normalized spacial score (nSPS) is 11.0. The zero-order chi connectivity index (χ0) is 21.7. The highest BCUT2D eigenvalue weighted by molar-refractivity contribution is 7.17. The third-order valence-corrected chi connectivity index (χ3v) is 6.58. The van der Waals surface area contributed by atoms with Gasteiger partial charge in [-0.2, -0.15) is 0 Å². The van der Waals surface area contributed by atoms with Gasteiger partial charge in [0.2, 0.25) is 0 Å². The minimum atomic E-state index is 0.789. The summed E-state index contributed by atoms with van der Waals surface area (Å²) in [6, 6.07) is 17.1. The molecule has 4 heteroatoms. The molecule has 0 N–H and O–H groups in total. The number of nitrogens with zero attached hydrogens (tertiary/aromatic N) is 2. The number of hydrogen-bond donors (Lipinski definition) is 0. The quantitative estimate of drug-likeness (QED) is 0.238. The fourth-order valence-electron chi connectivity index (χ4n) is 3.62. The van der Waals surface area contributed by atoms with Crippen LogP contribution in [0.25, 0.3) is 21.1 Å². The highest BCUT2D eigenvalue weighted by Gasteiger charge is 2.09. The SMILES string of the molecule is CCCCCCCc1ccc(-c2nnc(-c3ccc(OCCCCCC)cc3)s2)cc1. The van der Waals surface area contributed by atoms with Crippen molar-refractivity contribution in [2.45, 2.75) is 78.1 Å². The van der Waals surface area contributed by atoms with Gasteiger partial charge in [0.15, 0.2) is 0 Å². The number of hydrogen-bond acceptors (Lipinski definition) is 4. The van der Waals surface area contributed by atoms with Crippen LogP contribution in [0.4, 0.5) is 0 Å². The van der Waals surface area contributed by atoms with Gasteiger partial charge < -0.3 is 4.74 Å². The number of unbranched alkanes of at least 4 members (excludes halogenated alkanes) is 7. The highest BCUT2D eigenvalue weighted by Crippen LogP contribution is 2.31. The molecule has 0 aliphatic rings. The summed E-state index contributed by atoms with van der Waals surface area (Å²) in [7, 11) is 0. The van der Waals surface area contributed by atoms with Crippen LogP contribution in [0.3, 0.4) is 0 Å². The van der Waals surface area contributed by atoms with Gasteiger partial charge in [-0.3, -0.25) is 0 Å². The Morgan fingerprint density at radius 3 is 1.81 bits per heavy atom. The van der Waals surface area contributed by atoms with E-state index in [2.05, 4.69) is 60.4 Å². The number of rotatable bonds is 14. The van der Waals surface area contributed by atoms with Crippen molar-refractivity contribution in [3.05, 3.63) is 54.1 Å². The highest BCUT2D eigenvalue weighted by atomic mass is 32.1. The zero-order valence-electron chi connectivity index (χ0n) is 19.1. The van der Waals surface area contributed by atoms with Crippen molar-refractivity contribution >= 4 is 11.3 Å². The molecule has 0 amide bonds. The third-order valence-electron chi connectivity index (χ3n) is 5.56. The van der Waals surface area contributed by atoms with E-state index in [1.165, 1.54) is 63.4 Å². The van der Waals surface area contributed by atoms with E-state index in [0.717, 1.165) is 39.9 Å². The van der Waals surface area contributed by atoms with E-state index in [4.69, 9.17) is 4.74 Å². The van der Waals surface area contributed by atoms with Crippen LogP contribution in [0, 0.1) is 0 Å². The molecule has 0 spiro atoms. The molecular weight excluding hydrogens is 400 g/mol. The van der Waals surface area contributed by atoms with E-state index < -0.39 is 0 Å². The Kier molecular flexibility index (Phi) is 10.0. The lowest BCUT2D eigenvalue weighted by molar-refractivity contribution is 0.305. The van der Waals surface area contributed by atoms with E-state index in [9.17, 15) is 0 Å². The van der Waals surface area contributed by atoms with Crippen molar-refractivity contribution in [2.24, 2.45) is 0 Å². The molecule has 3 aromatic rings. The molecule has 1 aromatic heterocycles. The van der Waals surface area contributed by atoms with Crippen molar-refractivity contribution in [1.29, 1.82) is 0 Å². The summed E-state index contributed by atoms with van der Waals surface area (Å²) >= 11 is 1.64. The Balaban J connectivity index is 1.51. The molecule has 0 unspecified atom stereocenters. The lowest BCUT2D eigenvalue weighted by atomic mass is 10.0. The van der Waals surface area contributed by atoms with Gasteiger partial charge in [-0.25, -0.2) is 0 Å². The molecular formula is C27H36N2OS. The fourth-order valence-corrected chi connectivity index (χ4v) is 4.47. The summed E-state index contributed by atoms with van der Waals surface area (Å²) in [4.78, 5) is 0. The minimum absolute atomic E-state index is 0.789. The van der Waals surface area contributed by atoms with Crippen molar-refractivity contribution in [2.75, 3.05) is 6.61 Å². The Hall–Kier alpha value is -2.20. The average Bonchev–Trinajstić information content (AvgIpc) is 3.30. The van der Waals surface area contributed by atoms with E-state index in [-0.39, 0.29) is 0 Å². The summed E-state index contributed by atoms with van der Waals surface area (Å²) in [5, 5.41) is 10.8. The van der Waals surface area contributed by atoms with E-state index >= 15 is 0 Å². The summed E-state index contributed by atoms with van der Waals surface area (Å²) < 4.78 is 5.84. The van der Waals surface area contributed by atoms with Crippen LogP contribution in [0.1, 0.15) is 77.2 Å². The number of ether oxygens (including phenoxy) is 1. The maximum atomic E-state index is 5.84. The second-order valence-electron chi connectivity index (χ2n) is 8.21. The van der Waals surface area contributed by atoms with Gasteiger partial charge in [0.1, 0.15) is 15.8 Å². The number of aromatic nitrogens is 2. The first-order valence-electron chi connectivity index (χ1n) is 12.0. The molecule has 31 heavy (non-hydrogen) atoms. The maximum Gasteiger partial charge on any atom is 0.148 e. The van der Waals surface area contributed by atoms with Gasteiger partial charge in [0, 0.05) is 11.1 Å². The molecule has 166 valence electrons. The van der Waals surface area contributed by atoms with Crippen molar-refractivity contribution in [3.63, 3.8) is 0 Å². The van der Waals surface area contributed by atoms with Crippen LogP contribution in [-0.4, -0.2) is 16.8 Å². The Morgan fingerprint density at radius 1 is 0.645 bits per heavy atom. The first-order chi connectivity index (χ1) is 15.3. The molecule has 3 rings (SSSR count). The van der Waals surface area contributed by atoms with Crippen LogP contribution >= 0.6 is 11.3 Å². The first-order valence-corrected chi connectivity index (χ1v) is 12.8. The summed E-state index contributed by atoms with van der Waals surface area (Å²) in [5.41, 5.74) is 3.64. The first kappa shape index (κ1) is 23.5. The van der Waals surface area contributed by atoms with Gasteiger partial charge in [-0.1, -0.05) is 94.4 Å². The molecule has 0 bridgehead atoms. The number of benzene rings is 2. The fraction of sp³-hybridized carbons (Fsp3) is 0.481. The number of aryl methyl sites for hydroxylation is 1. The van der Waals surface area contributed by atoms with Gasteiger partial charge in [-0.15, -0.1) is 10.2 Å². The van der Waals surface area contributed by atoms with Crippen LogP contribution in [0.2, 0.25) is 0 Å². The minimum Gasteiger partial charge on any atom is -0.494 e. The molecule has 1 heterocycles. The van der Waals surface area contributed by atoms with Gasteiger partial charge in [-0.05, 0) is 49.1 Å². The second-order valence-corrected chi connectivity index (χ2v) is 9.18. The van der Waals surface area contributed by atoms with Gasteiger partial charge >= 0.3 is 0 Å². The van der Waals surface area contributed by atoms with Crippen molar-refractivity contribution in [3.8, 4) is 26.9 Å². The van der Waals surface area contributed by atoms with Crippen LogP contribution < -0.4 is 4.74 Å². The molecule has 0 aliphatic heterocycles. The summed E-state index contributed by atoms with van der Waals surface area (Å²) in [6.07, 6.45) is 12.7. The molecule has 0 saturated carbocycles. The molecule has 2 aromatic carbocycles. The molecule has 3 nitrogen and oxygen atoms in total. The lowest BCUT2D eigenvalue weighted by Gasteiger charge is -2.06. The lowest BCUT2D eigenvalue weighted by Crippen LogP contribution is -1.96.